The molecule has 0 bridgehead atoms. The van der Waals surface area contributed by atoms with Crippen LogP contribution in [-0.4, -0.2) is 0 Å². The van der Waals surface area contributed by atoms with Crippen molar-refractivity contribution in [1.29, 1.82) is 0 Å². The average molecular weight is 908 g/mol. The number of thiophene rings is 1. The Morgan fingerprint density at radius 3 is 1.40 bits per heavy atom. The van der Waals surface area contributed by atoms with E-state index in [1.807, 2.05) is 0 Å². The topological polar surface area (TPSA) is 3.24 Å². The molecule has 2 aliphatic rings. The van der Waals surface area contributed by atoms with Crippen molar-refractivity contribution in [3.05, 3.63) is 317 Å². The summed E-state index contributed by atoms with van der Waals surface area (Å²) in [6.07, 6.45) is 0. The lowest BCUT2D eigenvalue weighted by Crippen LogP contribution is -2.29. The summed E-state index contributed by atoms with van der Waals surface area (Å²) in [5.41, 5.74) is 19.9. The average Bonchev–Trinajstić information content (AvgIpc) is 4.12. The molecule has 0 spiro atoms. The van der Waals surface area contributed by atoms with Gasteiger partial charge in [-0.1, -0.05) is 224 Å². The molecule has 70 heavy (non-hydrogen) atoms. The smallest absolute Gasteiger partial charge is 0.0714 e. The van der Waals surface area contributed by atoms with Gasteiger partial charge in [0.1, 0.15) is 0 Å². The van der Waals surface area contributed by atoms with E-state index in [0.717, 1.165) is 17.1 Å². The Labute approximate surface area is 412 Å². The summed E-state index contributed by atoms with van der Waals surface area (Å²) in [7, 11) is 0. The molecule has 11 aromatic carbocycles. The second kappa shape index (κ2) is 16.0. The van der Waals surface area contributed by atoms with Crippen LogP contribution >= 0.6 is 11.3 Å². The van der Waals surface area contributed by atoms with E-state index in [2.05, 4.69) is 277 Å². The number of hydrogen-bond acceptors (Lipinski definition) is 2. The van der Waals surface area contributed by atoms with E-state index in [1.54, 1.807) is 11.3 Å². The van der Waals surface area contributed by atoms with Crippen LogP contribution in [0.3, 0.4) is 0 Å². The van der Waals surface area contributed by atoms with Crippen LogP contribution < -0.4 is 4.90 Å². The summed E-state index contributed by atoms with van der Waals surface area (Å²) in [4.78, 5) is 2.53. The Kier molecular flexibility index (Phi) is 9.27. The zero-order chi connectivity index (χ0) is 46.2. The van der Waals surface area contributed by atoms with Gasteiger partial charge in [-0.3, -0.25) is 0 Å². The van der Waals surface area contributed by atoms with E-state index < -0.39 is 10.8 Å². The summed E-state index contributed by atoms with van der Waals surface area (Å²) >= 11 is 1.80. The Balaban J connectivity index is 1.05. The van der Waals surface area contributed by atoms with Gasteiger partial charge in [0.15, 0.2) is 0 Å². The fourth-order valence-electron chi connectivity index (χ4n) is 12.4. The van der Waals surface area contributed by atoms with Gasteiger partial charge in [0.05, 0.1) is 16.5 Å². The van der Waals surface area contributed by atoms with Crippen LogP contribution in [0.2, 0.25) is 0 Å². The van der Waals surface area contributed by atoms with E-state index >= 15 is 0 Å². The highest BCUT2D eigenvalue weighted by molar-refractivity contribution is 7.17. The molecule has 0 saturated carbocycles. The lowest BCUT2D eigenvalue weighted by molar-refractivity contribution is 0.768. The van der Waals surface area contributed by atoms with Crippen molar-refractivity contribution < 1.29 is 0 Å². The molecular weight excluding hydrogens is 863 g/mol. The number of nitrogens with zero attached hydrogens (tertiary/aromatic N) is 1. The van der Waals surface area contributed by atoms with Crippen molar-refractivity contribution in [2.45, 2.75) is 10.8 Å². The number of fused-ring (bicyclic) bond motifs is 8. The van der Waals surface area contributed by atoms with Crippen molar-refractivity contribution in [2.24, 2.45) is 0 Å². The molecule has 12 aromatic rings. The van der Waals surface area contributed by atoms with Crippen molar-refractivity contribution in [3.8, 4) is 33.4 Å². The molecule has 0 atom stereocenters. The second-order valence-corrected chi connectivity index (χ2v) is 19.6. The second-order valence-electron chi connectivity index (χ2n) is 18.7. The molecule has 1 aromatic heterocycles. The van der Waals surface area contributed by atoms with Gasteiger partial charge in [-0.15, -0.1) is 11.3 Å². The molecular formula is C68H45NS. The third-order valence-electron chi connectivity index (χ3n) is 15.3. The Morgan fingerprint density at radius 2 is 0.771 bits per heavy atom. The molecule has 14 rings (SSSR count). The first kappa shape index (κ1) is 40.5. The number of anilines is 3. The molecule has 1 nitrogen and oxygen atoms in total. The monoisotopic (exact) mass is 907 g/mol. The van der Waals surface area contributed by atoms with E-state index in [0.29, 0.717) is 0 Å². The van der Waals surface area contributed by atoms with Crippen LogP contribution in [0.25, 0.3) is 54.2 Å². The van der Waals surface area contributed by atoms with Crippen molar-refractivity contribution in [3.63, 3.8) is 0 Å². The normalized spacial score (nSPS) is 13.7. The van der Waals surface area contributed by atoms with E-state index in [9.17, 15) is 0 Å². The first-order valence-corrected chi connectivity index (χ1v) is 25.1. The minimum Gasteiger partial charge on any atom is -0.310 e. The van der Waals surface area contributed by atoms with Gasteiger partial charge >= 0.3 is 0 Å². The van der Waals surface area contributed by atoms with Crippen molar-refractivity contribution >= 4 is 49.3 Å². The highest BCUT2D eigenvalue weighted by atomic mass is 32.1. The lowest BCUT2D eigenvalue weighted by Gasteiger charge is -2.35. The number of hydrogen-bond donors (Lipinski definition) is 0. The predicted molar refractivity (Wildman–Crippen MR) is 294 cm³/mol. The highest BCUT2D eigenvalue weighted by Crippen LogP contribution is 2.60. The minimum atomic E-state index is -0.551. The van der Waals surface area contributed by atoms with Gasteiger partial charge in [-0.2, -0.15) is 0 Å². The van der Waals surface area contributed by atoms with Crippen LogP contribution in [0.5, 0.6) is 0 Å². The molecule has 2 heteroatoms. The third-order valence-corrected chi connectivity index (χ3v) is 16.2. The first-order valence-electron chi connectivity index (χ1n) is 24.2. The molecule has 0 saturated heterocycles. The summed E-state index contributed by atoms with van der Waals surface area (Å²) in [6, 6.07) is 99.9. The molecule has 328 valence electrons. The van der Waals surface area contributed by atoms with Gasteiger partial charge in [-0.25, -0.2) is 0 Å². The van der Waals surface area contributed by atoms with Crippen LogP contribution in [0.4, 0.5) is 17.1 Å². The Bertz CT molecular complexity index is 3870. The molecule has 1 heterocycles. The zero-order valence-corrected chi connectivity index (χ0v) is 39.2. The maximum Gasteiger partial charge on any atom is 0.0714 e. The summed E-state index contributed by atoms with van der Waals surface area (Å²) < 4.78 is 1.30. The van der Waals surface area contributed by atoms with Gasteiger partial charge in [-0.05, 0) is 137 Å². The van der Waals surface area contributed by atoms with Crippen molar-refractivity contribution in [2.75, 3.05) is 4.90 Å². The van der Waals surface area contributed by atoms with Gasteiger partial charge in [0.2, 0.25) is 0 Å². The van der Waals surface area contributed by atoms with E-state index in [-0.39, 0.29) is 0 Å². The van der Waals surface area contributed by atoms with E-state index in [1.165, 1.54) is 98.7 Å². The van der Waals surface area contributed by atoms with Crippen LogP contribution in [-0.2, 0) is 10.8 Å². The van der Waals surface area contributed by atoms with Gasteiger partial charge < -0.3 is 4.90 Å². The van der Waals surface area contributed by atoms with Crippen LogP contribution in [0, 0.1) is 0 Å². The summed E-state index contributed by atoms with van der Waals surface area (Å²) in [5.74, 6) is 0. The largest absolute Gasteiger partial charge is 0.310 e. The van der Waals surface area contributed by atoms with Crippen LogP contribution in [0.15, 0.2) is 272 Å². The zero-order valence-electron chi connectivity index (χ0n) is 38.3. The number of rotatable bonds is 8. The summed E-state index contributed by atoms with van der Waals surface area (Å²) in [6.45, 7) is 0. The molecule has 0 unspecified atom stereocenters. The first-order chi connectivity index (χ1) is 34.7. The predicted octanol–water partition coefficient (Wildman–Crippen LogP) is 17.9. The highest BCUT2D eigenvalue weighted by Gasteiger charge is 2.48. The molecule has 0 aliphatic heterocycles. The Morgan fingerprint density at radius 1 is 0.300 bits per heavy atom. The molecule has 0 N–H and O–H groups in total. The third kappa shape index (κ3) is 5.84. The molecule has 2 aliphatic carbocycles. The fraction of sp³-hybridized carbons (Fsp3) is 0.0294. The minimum absolute atomic E-state index is 0.500. The summed E-state index contributed by atoms with van der Waals surface area (Å²) in [5, 5.41) is 5.88. The lowest BCUT2D eigenvalue weighted by atomic mass is 9.67. The molecule has 0 fully saturated rings. The maximum atomic E-state index is 2.53. The molecule has 0 amide bonds. The quantitative estimate of drug-likeness (QED) is 0.147. The van der Waals surface area contributed by atoms with Crippen LogP contribution in [0.1, 0.15) is 44.5 Å². The van der Waals surface area contributed by atoms with Gasteiger partial charge in [0, 0.05) is 21.5 Å². The SMILES string of the molecule is c1ccc(C2(c3ccccc3)c3ccccc3-c3cc(N(c4ccc5c(c4)C(c4ccccc4)(c4ccccc4)c4ccccc4-5)c4ccc(-c5ccc6ccsc6c5)c5ccccc45)ccc32)cc1. The number of benzene rings is 11. The Hall–Kier alpha value is -8.56. The van der Waals surface area contributed by atoms with Crippen molar-refractivity contribution in [1.82, 2.24) is 0 Å². The van der Waals surface area contributed by atoms with Gasteiger partial charge in [0.25, 0.3) is 0 Å². The standard InChI is InChI=1S/C68H45NS/c1-5-19-48(20-6-1)67(49-21-7-2-8-22-49)62-32-18-16-29-57(62)60-44-52(36-39-63(60)67)69(65-40-38-54(55-27-13-14-30-59(55)65)47-34-33-46-41-42-70-66(46)43-47)53-35-37-58-56-28-15-17-31-61(56)68(64(58)45-53,50-23-9-3-10-24-50)51-25-11-4-12-26-51/h1-45H. The maximum absolute atomic E-state index is 2.53. The fourth-order valence-corrected chi connectivity index (χ4v) is 13.3. The molecule has 0 radical (unpaired) electrons. The van der Waals surface area contributed by atoms with E-state index in [4.69, 9.17) is 0 Å².